The zero-order valence-electron chi connectivity index (χ0n) is 12.2. The molecule has 0 aliphatic rings. The van der Waals surface area contributed by atoms with Crippen LogP contribution < -0.4 is 10.1 Å². The van der Waals surface area contributed by atoms with Crippen LogP contribution >= 0.6 is 11.3 Å². The van der Waals surface area contributed by atoms with Crippen LogP contribution in [-0.4, -0.2) is 19.1 Å². The Bertz CT molecular complexity index is 718. The summed E-state index contributed by atoms with van der Waals surface area (Å²) in [6, 6.07) is 14.6. The van der Waals surface area contributed by atoms with Gasteiger partial charge in [0.2, 0.25) is 0 Å². The number of rotatable bonds is 5. The van der Waals surface area contributed by atoms with Crippen molar-refractivity contribution in [3.8, 4) is 5.75 Å². The second-order valence-corrected chi connectivity index (χ2v) is 6.04. The molecule has 0 aliphatic carbocycles. The first-order valence-corrected chi connectivity index (χ1v) is 7.76. The molecule has 0 saturated carbocycles. The molecule has 0 amide bonds. The van der Waals surface area contributed by atoms with Crippen molar-refractivity contribution in [2.75, 3.05) is 14.2 Å². The summed E-state index contributed by atoms with van der Waals surface area (Å²) in [6.07, 6.45) is 0.861. The summed E-state index contributed by atoms with van der Waals surface area (Å²) in [4.78, 5) is 4.70. The molecule has 0 unspecified atom stereocenters. The minimum absolute atomic E-state index is 0.802. The predicted molar refractivity (Wildman–Crippen MR) is 88.2 cm³/mol. The van der Waals surface area contributed by atoms with Gasteiger partial charge in [-0.1, -0.05) is 24.3 Å². The summed E-state index contributed by atoms with van der Waals surface area (Å²) < 4.78 is 6.64. The molecule has 3 nitrogen and oxygen atoms in total. The maximum atomic E-state index is 5.40. The Labute approximate surface area is 128 Å². The van der Waals surface area contributed by atoms with Gasteiger partial charge in [-0.15, -0.1) is 11.3 Å². The largest absolute Gasteiger partial charge is 0.496 e. The van der Waals surface area contributed by atoms with E-state index >= 15 is 0 Å². The number of benzene rings is 2. The van der Waals surface area contributed by atoms with E-state index in [0.717, 1.165) is 29.2 Å². The minimum atomic E-state index is 0.802. The van der Waals surface area contributed by atoms with Crippen LogP contribution in [0.5, 0.6) is 5.75 Å². The van der Waals surface area contributed by atoms with E-state index in [1.54, 1.807) is 18.4 Å². The molecule has 108 valence electrons. The lowest BCUT2D eigenvalue weighted by atomic mass is 10.1. The molecule has 0 atom stereocenters. The van der Waals surface area contributed by atoms with E-state index in [2.05, 4.69) is 35.6 Å². The van der Waals surface area contributed by atoms with Gasteiger partial charge in [0.05, 0.1) is 22.3 Å². The van der Waals surface area contributed by atoms with Gasteiger partial charge >= 0.3 is 0 Å². The van der Waals surface area contributed by atoms with Gasteiger partial charge in [0.25, 0.3) is 0 Å². The predicted octanol–water partition coefficient (Wildman–Crippen LogP) is 3.62. The highest BCUT2D eigenvalue weighted by Gasteiger charge is 2.07. The monoisotopic (exact) mass is 298 g/mol. The van der Waals surface area contributed by atoms with Crippen molar-refractivity contribution in [1.82, 2.24) is 10.3 Å². The summed E-state index contributed by atoms with van der Waals surface area (Å²) in [6.45, 7) is 0.802. The second-order valence-electron chi connectivity index (χ2n) is 4.93. The molecule has 0 bridgehead atoms. The molecule has 0 aliphatic heterocycles. The molecule has 0 fully saturated rings. The van der Waals surface area contributed by atoms with E-state index in [4.69, 9.17) is 9.72 Å². The van der Waals surface area contributed by atoms with Gasteiger partial charge in [-0.3, -0.25) is 0 Å². The van der Waals surface area contributed by atoms with E-state index in [-0.39, 0.29) is 0 Å². The first-order valence-electron chi connectivity index (χ1n) is 6.95. The lowest BCUT2D eigenvalue weighted by molar-refractivity contribution is 0.408. The maximum absolute atomic E-state index is 5.40. The first-order chi connectivity index (χ1) is 10.3. The molecular weight excluding hydrogens is 280 g/mol. The van der Waals surface area contributed by atoms with E-state index in [9.17, 15) is 0 Å². The quantitative estimate of drug-likeness (QED) is 0.781. The van der Waals surface area contributed by atoms with Crippen molar-refractivity contribution in [2.24, 2.45) is 0 Å². The molecule has 2 aromatic carbocycles. The lowest BCUT2D eigenvalue weighted by Gasteiger charge is -2.09. The van der Waals surface area contributed by atoms with Crippen LogP contribution in [0, 0.1) is 0 Å². The number of nitrogens with one attached hydrogen (secondary N) is 1. The van der Waals surface area contributed by atoms with E-state index in [0.29, 0.717) is 0 Å². The Kier molecular flexibility index (Phi) is 4.18. The number of aromatic nitrogens is 1. The van der Waals surface area contributed by atoms with Crippen molar-refractivity contribution in [1.29, 1.82) is 0 Å². The van der Waals surface area contributed by atoms with Gasteiger partial charge in [0.1, 0.15) is 5.75 Å². The van der Waals surface area contributed by atoms with E-state index in [1.807, 2.05) is 19.2 Å². The third-order valence-corrected chi connectivity index (χ3v) is 4.44. The van der Waals surface area contributed by atoms with Crippen LogP contribution in [0.4, 0.5) is 0 Å². The lowest BCUT2D eigenvalue weighted by Crippen LogP contribution is -2.07. The zero-order valence-corrected chi connectivity index (χ0v) is 13.0. The minimum Gasteiger partial charge on any atom is -0.496 e. The average molecular weight is 298 g/mol. The van der Waals surface area contributed by atoms with Crippen molar-refractivity contribution in [2.45, 2.75) is 13.0 Å². The molecule has 1 aromatic heterocycles. The molecule has 1 heterocycles. The number of nitrogens with zero attached hydrogens (tertiary/aromatic N) is 1. The number of fused-ring (bicyclic) bond motifs is 1. The first kappa shape index (κ1) is 14.0. The van der Waals surface area contributed by atoms with Gasteiger partial charge in [-0.2, -0.15) is 0 Å². The van der Waals surface area contributed by atoms with Crippen molar-refractivity contribution >= 4 is 21.6 Å². The Balaban J connectivity index is 1.88. The summed E-state index contributed by atoms with van der Waals surface area (Å²) in [7, 11) is 3.65. The van der Waals surface area contributed by atoms with Crippen molar-refractivity contribution in [3.63, 3.8) is 0 Å². The summed E-state index contributed by atoms with van der Waals surface area (Å²) in [5, 5.41) is 4.33. The SMILES string of the molecule is CNCc1cc(Cc2nc3ccccc3s2)ccc1OC. The normalized spacial score (nSPS) is 11.0. The third-order valence-electron chi connectivity index (χ3n) is 3.41. The van der Waals surface area contributed by atoms with Gasteiger partial charge in [-0.25, -0.2) is 4.98 Å². The number of ether oxygens (including phenoxy) is 1. The van der Waals surface area contributed by atoms with Gasteiger partial charge in [0.15, 0.2) is 0 Å². The highest BCUT2D eigenvalue weighted by molar-refractivity contribution is 7.18. The second kappa shape index (κ2) is 6.24. The molecule has 0 radical (unpaired) electrons. The Morgan fingerprint density at radius 3 is 2.81 bits per heavy atom. The number of methoxy groups -OCH3 is 1. The number of para-hydroxylation sites is 1. The van der Waals surface area contributed by atoms with Crippen LogP contribution in [0.25, 0.3) is 10.2 Å². The van der Waals surface area contributed by atoms with Gasteiger partial charge < -0.3 is 10.1 Å². The van der Waals surface area contributed by atoms with Gasteiger partial charge in [-0.05, 0) is 30.8 Å². The smallest absolute Gasteiger partial charge is 0.123 e. The fourth-order valence-corrected chi connectivity index (χ4v) is 3.44. The molecular formula is C17H18N2OS. The van der Waals surface area contributed by atoms with Crippen LogP contribution in [-0.2, 0) is 13.0 Å². The fourth-order valence-electron chi connectivity index (χ4n) is 2.44. The summed E-state index contributed by atoms with van der Waals surface area (Å²) >= 11 is 1.76. The van der Waals surface area contributed by atoms with Crippen LogP contribution in [0.15, 0.2) is 42.5 Å². The van der Waals surface area contributed by atoms with E-state index < -0.39 is 0 Å². The molecule has 1 N–H and O–H groups in total. The molecule has 0 spiro atoms. The van der Waals surface area contributed by atoms with Crippen molar-refractivity contribution in [3.05, 3.63) is 58.6 Å². The Hall–Kier alpha value is -1.91. The van der Waals surface area contributed by atoms with Crippen LogP contribution in [0.2, 0.25) is 0 Å². The molecule has 3 rings (SSSR count). The van der Waals surface area contributed by atoms with E-state index in [1.165, 1.54) is 15.8 Å². The number of hydrogen-bond donors (Lipinski definition) is 1. The summed E-state index contributed by atoms with van der Waals surface area (Å²) in [5.41, 5.74) is 3.53. The van der Waals surface area contributed by atoms with Crippen LogP contribution in [0.3, 0.4) is 0 Å². The topological polar surface area (TPSA) is 34.2 Å². The standard InChI is InChI=1S/C17H18N2OS/c1-18-11-13-9-12(7-8-15(13)20-2)10-17-19-14-5-3-4-6-16(14)21-17/h3-9,18H,10-11H2,1-2H3. The highest BCUT2D eigenvalue weighted by atomic mass is 32.1. The molecule has 3 aromatic rings. The Morgan fingerprint density at radius 2 is 2.05 bits per heavy atom. The number of hydrogen-bond acceptors (Lipinski definition) is 4. The fraction of sp³-hybridized carbons (Fsp3) is 0.235. The zero-order chi connectivity index (χ0) is 14.7. The Morgan fingerprint density at radius 1 is 1.19 bits per heavy atom. The molecule has 21 heavy (non-hydrogen) atoms. The molecule has 4 heteroatoms. The summed E-state index contributed by atoms with van der Waals surface area (Å²) in [5.74, 6) is 0.928. The van der Waals surface area contributed by atoms with Crippen molar-refractivity contribution < 1.29 is 4.74 Å². The maximum Gasteiger partial charge on any atom is 0.123 e. The third kappa shape index (κ3) is 3.06. The molecule has 0 saturated heterocycles. The van der Waals surface area contributed by atoms with Crippen LogP contribution in [0.1, 0.15) is 16.1 Å². The average Bonchev–Trinajstić information content (AvgIpc) is 2.90. The highest BCUT2D eigenvalue weighted by Crippen LogP contribution is 2.26. The number of thiazole rings is 1. The van der Waals surface area contributed by atoms with Gasteiger partial charge in [0, 0.05) is 18.5 Å².